The molecule has 0 unspecified atom stereocenters. The van der Waals surface area contributed by atoms with Crippen LogP contribution in [0.5, 0.6) is 0 Å². The van der Waals surface area contributed by atoms with E-state index in [4.69, 9.17) is 4.42 Å². The Bertz CT molecular complexity index is 1670. The fourth-order valence-electron chi connectivity index (χ4n) is 4.57. The summed E-state index contributed by atoms with van der Waals surface area (Å²) in [6, 6.07) is 11.3. The first-order chi connectivity index (χ1) is 18.2. The van der Waals surface area contributed by atoms with Crippen LogP contribution in [0, 0.1) is 13.8 Å². The zero-order chi connectivity index (χ0) is 27.0. The van der Waals surface area contributed by atoms with Gasteiger partial charge in [-0.2, -0.15) is 5.10 Å². The topological polar surface area (TPSA) is 106 Å². The van der Waals surface area contributed by atoms with Crippen molar-refractivity contribution < 1.29 is 9.52 Å². The van der Waals surface area contributed by atoms with Crippen LogP contribution in [0.15, 0.2) is 76.6 Å². The van der Waals surface area contributed by atoms with E-state index in [-0.39, 0.29) is 18.1 Å². The molecule has 8 heteroatoms. The summed E-state index contributed by atoms with van der Waals surface area (Å²) in [6.45, 7) is 9.60. The standard InChI is InChI=1S/C30H31N5O3/c1-18-12-23(29-24(13-18)27(37)19(2)28(38-29)21-8-6-10-31-14-21)20(3)34-25-9-7-11-32-26(25)22-15-33-35(16-22)30(4,5)17-36/h6-16,20,34,36H,17H2,1-5H3/t20-/m1/s1. The van der Waals surface area contributed by atoms with Crippen LogP contribution in [0.1, 0.15) is 43.5 Å². The number of benzene rings is 1. The second kappa shape index (κ2) is 9.87. The molecule has 1 atom stereocenters. The van der Waals surface area contributed by atoms with Crippen molar-refractivity contribution in [3.05, 3.63) is 94.3 Å². The van der Waals surface area contributed by atoms with Gasteiger partial charge in [0.05, 0.1) is 41.2 Å². The van der Waals surface area contributed by atoms with Gasteiger partial charge in [0.1, 0.15) is 11.3 Å². The number of anilines is 1. The normalized spacial score (nSPS) is 12.6. The summed E-state index contributed by atoms with van der Waals surface area (Å²) in [6.07, 6.45) is 8.77. The van der Waals surface area contributed by atoms with Crippen LogP contribution in [0.25, 0.3) is 33.6 Å². The maximum Gasteiger partial charge on any atom is 0.196 e. The summed E-state index contributed by atoms with van der Waals surface area (Å²) in [4.78, 5) is 22.2. The average Bonchev–Trinajstić information content (AvgIpc) is 3.42. The molecule has 0 bridgehead atoms. The van der Waals surface area contributed by atoms with Crippen LogP contribution in [0.4, 0.5) is 5.69 Å². The van der Waals surface area contributed by atoms with Crippen LogP contribution >= 0.6 is 0 Å². The zero-order valence-corrected chi connectivity index (χ0v) is 22.2. The van der Waals surface area contributed by atoms with Crippen molar-refractivity contribution in [1.29, 1.82) is 0 Å². The van der Waals surface area contributed by atoms with Crippen molar-refractivity contribution in [2.24, 2.45) is 0 Å². The predicted octanol–water partition coefficient (Wildman–Crippen LogP) is 5.63. The molecule has 0 aliphatic carbocycles. The molecule has 194 valence electrons. The first-order valence-corrected chi connectivity index (χ1v) is 12.6. The lowest BCUT2D eigenvalue weighted by molar-refractivity contribution is 0.152. The number of aryl methyl sites for hydroxylation is 1. The Labute approximate surface area is 221 Å². The SMILES string of the molecule is Cc1cc([C@@H](C)Nc2cccnc2-c2cnn(C(C)(C)CO)c2)c2oc(-c3cccnc3)c(C)c(=O)c2c1. The minimum absolute atomic E-state index is 0.0371. The molecule has 0 fully saturated rings. The largest absolute Gasteiger partial charge is 0.455 e. The van der Waals surface area contributed by atoms with Crippen LogP contribution in [0.3, 0.4) is 0 Å². The van der Waals surface area contributed by atoms with E-state index >= 15 is 0 Å². The number of fused-ring (bicyclic) bond motifs is 1. The summed E-state index contributed by atoms with van der Waals surface area (Å²) in [5.41, 5.74) is 5.51. The smallest absolute Gasteiger partial charge is 0.196 e. The second-order valence-electron chi connectivity index (χ2n) is 10.3. The molecule has 4 aromatic heterocycles. The Kier molecular flexibility index (Phi) is 6.59. The molecule has 2 N–H and O–H groups in total. The van der Waals surface area contributed by atoms with Gasteiger partial charge >= 0.3 is 0 Å². The number of aliphatic hydroxyl groups excluding tert-OH is 1. The Morgan fingerprint density at radius 2 is 1.89 bits per heavy atom. The van der Waals surface area contributed by atoms with Crippen LogP contribution in [-0.2, 0) is 5.54 Å². The maximum absolute atomic E-state index is 13.4. The fraction of sp³-hybridized carbons (Fsp3) is 0.267. The van der Waals surface area contributed by atoms with Crippen LogP contribution in [-0.4, -0.2) is 31.5 Å². The number of nitrogens with zero attached hydrogens (tertiary/aromatic N) is 4. The summed E-state index contributed by atoms with van der Waals surface area (Å²) >= 11 is 0. The lowest BCUT2D eigenvalue weighted by Gasteiger charge is -2.22. The maximum atomic E-state index is 13.4. The third-order valence-electron chi connectivity index (χ3n) is 6.83. The molecule has 38 heavy (non-hydrogen) atoms. The van der Waals surface area contributed by atoms with Gasteiger partial charge in [0, 0.05) is 47.0 Å². The van der Waals surface area contributed by atoms with Crippen LogP contribution < -0.4 is 10.7 Å². The molecule has 0 radical (unpaired) electrons. The number of nitrogens with one attached hydrogen (secondary N) is 1. The molecule has 0 aliphatic rings. The summed E-state index contributed by atoms with van der Waals surface area (Å²) in [5.74, 6) is 0.522. The van der Waals surface area contributed by atoms with Gasteiger partial charge in [-0.05, 0) is 70.5 Å². The van der Waals surface area contributed by atoms with E-state index in [9.17, 15) is 9.90 Å². The molecule has 0 spiro atoms. The van der Waals surface area contributed by atoms with E-state index in [1.165, 1.54) is 0 Å². The highest BCUT2D eigenvalue weighted by atomic mass is 16.3. The molecule has 1 aromatic carbocycles. The van der Waals surface area contributed by atoms with Crippen molar-refractivity contribution in [1.82, 2.24) is 19.7 Å². The number of aliphatic hydroxyl groups is 1. The van der Waals surface area contributed by atoms with Gasteiger partial charge in [-0.15, -0.1) is 0 Å². The van der Waals surface area contributed by atoms with Gasteiger partial charge in [-0.3, -0.25) is 19.4 Å². The summed E-state index contributed by atoms with van der Waals surface area (Å²) < 4.78 is 8.19. The number of aromatic nitrogens is 4. The Morgan fingerprint density at radius 1 is 1.11 bits per heavy atom. The number of pyridine rings is 2. The van der Waals surface area contributed by atoms with Crippen LogP contribution in [0.2, 0.25) is 0 Å². The number of rotatable bonds is 7. The predicted molar refractivity (Wildman–Crippen MR) is 149 cm³/mol. The Morgan fingerprint density at radius 3 is 2.63 bits per heavy atom. The molecule has 0 saturated heterocycles. The molecule has 0 aliphatic heterocycles. The lowest BCUT2D eigenvalue weighted by Crippen LogP contribution is -2.30. The highest BCUT2D eigenvalue weighted by Crippen LogP contribution is 2.34. The van der Waals surface area contributed by atoms with Crippen molar-refractivity contribution in [3.63, 3.8) is 0 Å². The molecule has 4 heterocycles. The fourth-order valence-corrected chi connectivity index (χ4v) is 4.57. The van der Waals surface area contributed by atoms with E-state index in [0.29, 0.717) is 22.3 Å². The molecular weight excluding hydrogens is 478 g/mol. The molecular formula is C30H31N5O3. The van der Waals surface area contributed by atoms with Gasteiger partial charge in [0.25, 0.3) is 0 Å². The Hall–Kier alpha value is -4.30. The van der Waals surface area contributed by atoms with Gasteiger partial charge in [-0.25, -0.2) is 0 Å². The Balaban J connectivity index is 1.58. The second-order valence-corrected chi connectivity index (χ2v) is 10.3. The highest BCUT2D eigenvalue weighted by molar-refractivity contribution is 5.85. The monoisotopic (exact) mass is 509 g/mol. The minimum Gasteiger partial charge on any atom is -0.455 e. The third kappa shape index (κ3) is 4.59. The quantitative estimate of drug-likeness (QED) is 0.293. The highest BCUT2D eigenvalue weighted by Gasteiger charge is 2.23. The van der Waals surface area contributed by atoms with E-state index < -0.39 is 5.54 Å². The molecule has 0 saturated carbocycles. The number of hydrogen-bond acceptors (Lipinski definition) is 7. The van der Waals surface area contributed by atoms with E-state index in [2.05, 4.69) is 20.4 Å². The van der Waals surface area contributed by atoms with Crippen molar-refractivity contribution in [2.45, 2.75) is 46.2 Å². The average molecular weight is 510 g/mol. The van der Waals surface area contributed by atoms with Gasteiger partial charge in [-0.1, -0.05) is 6.07 Å². The van der Waals surface area contributed by atoms with E-state index in [0.717, 1.165) is 33.6 Å². The van der Waals surface area contributed by atoms with Crippen molar-refractivity contribution in [2.75, 3.05) is 11.9 Å². The number of hydrogen-bond donors (Lipinski definition) is 2. The molecule has 0 amide bonds. The summed E-state index contributed by atoms with van der Waals surface area (Å²) in [7, 11) is 0. The third-order valence-corrected chi connectivity index (χ3v) is 6.83. The molecule has 5 aromatic rings. The van der Waals surface area contributed by atoms with E-state index in [1.807, 2.05) is 70.3 Å². The van der Waals surface area contributed by atoms with Gasteiger partial charge in [0.15, 0.2) is 5.43 Å². The van der Waals surface area contributed by atoms with E-state index in [1.54, 1.807) is 36.4 Å². The minimum atomic E-state index is -0.532. The first kappa shape index (κ1) is 25.4. The summed E-state index contributed by atoms with van der Waals surface area (Å²) in [5, 5.41) is 18.3. The van der Waals surface area contributed by atoms with Crippen molar-refractivity contribution in [3.8, 4) is 22.6 Å². The molecule has 5 rings (SSSR count). The zero-order valence-electron chi connectivity index (χ0n) is 22.2. The van der Waals surface area contributed by atoms with Gasteiger partial charge < -0.3 is 14.8 Å². The van der Waals surface area contributed by atoms with Gasteiger partial charge in [0.2, 0.25) is 0 Å². The lowest BCUT2D eigenvalue weighted by atomic mass is 9.99. The van der Waals surface area contributed by atoms with Crippen molar-refractivity contribution >= 4 is 16.7 Å². The first-order valence-electron chi connectivity index (χ1n) is 12.6. The molecule has 8 nitrogen and oxygen atoms in total.